The maximum Gasteiger partial charge on any atom is 0.272 e. The van der Waals surface area contributed by atoms with Gasteiger partial charge < -0.3 is 9.88 Å². The lowest BCUT2D eigenvalue weighted by Gasteiger charge is -2.20. The van der Waals surface area contributed by atoms with E-state index in [0.717, 1.165) is 24.0 Å². The second-order valence-corrected chi connectivity index (χ2v) is 6.02. The molecule has 1 aromatic carbocycles. The third-order valence-electron chi connectivity index (χ3n) is 4.77. The van der Waals surface area contributed by atoms with Gasteiger partial charge in [0.15, 0.2) is 0 Å². The minimum Gasteiger partial charge on any atom is -0.317 e. The zero-order valence-electron chi connectivity index (χ0n) is 12.8. The Kier molecular flexibility index (Phi) is 4.06. The zero-order valence-corrected chi connectivity index (χ0v) is 12.8. The van der Waals surface area contributed by atoms with Crippen molar-refractivity contribution in [3.05, 3.63) is 40.3 Å². The van der Waals surface area contributed by atoms with E-state index in [9.17, 15) is 4.79 Å². The number of hydrogen-bond acceptors (Lipinski definition) is 3. The molecule has 4 heteroatoms. The number of nitrogens with one attached hydrogen (secondary N) is 1. The fraction of sp³-hybridized carbons (Fsp3) is 0.529. The first-order valence-electron chi connectivity index (χ1n) is 7.84. The lowest BCUT2D eigenvalue weighted by atomic mass is 9.99. The van der Waals surface area contributed by atoms with Gasteiger partial charge in [0.1, 0.15) is 5.69 Å². The predicted molar refractivity (Wildman–Crippen MR) is 85.5 cm³/mol. The van der Waals surface area contributed by atoms with Gasteiger partial charge in [0, 0.05) is 12.6 Å². The number of rotatable bonds is 4. The fourth-order valence-electron chi connectivity index (χ4n) is 3.60. The molecule has 0 aliphatic heterocycles. The lowest BCUT2D eigenvalue weighted by Crippen LogP contribution is -2.31. The van der Waals surface area contributed by atoms with Crippen LogP contribution in [0.15, 0.2) is 29.1 Å². The molecule has 112 valence electrons. The van der Waals surface area contributed by atoms with Crippen molar-refractivity contribution >= 4 is 11.0 Å². The van der Waals surface area contributed by atoms with Gasteiger partial charge in [-0.15, -0.1) is 0 Å². The Balaban J connectivity index is 1.89. The molecule has 0 saturated heterocycles. The number of fused-ring (bicyclic) bond motifs is 1. The SMILES string of the molecule is CNC1CCCC1CCn1c(=O)c(C)nc2ccccc21. The molecule has 3 rings (SSSR count). The highest BCUT2D eigenvalue weighted by molar-refractivity contribution is 5.74. The van der Waals surface area contributed by atoms with Crippen molar-refractivity contribution in [1.82, 2.24) is 14.9 Å². The third kappa shape index (κ3) is 2.72. The standard InChI is InChI=1S/C17H23N3O/c1-12-17(21)20(16-9-4-3-7-15(16)19-12)11-10-13-6-5-8-14(13)18-2/h3-4,7,9,13-14,18H,5-6,8,10-11H2,1-2H3. The van der Waals surface area contributed by atoms with Crippen LogP contribution >= 0.6 is 0 Å². The van der Waals surface area contributed by atoms with Gasteiger partial charge in [-0.2, -0.15) is 0 Å². The normalized spacial score (nSPS) is 22.0. The first-order valence-corrected chi connectivity index (χ1v) is 7.84. The van der Waals surface area contributed by atoms with Gasteiger partial charge >= 0.3 is 0 Å². The second kappa shape index (κ2) is 5.98. The first-order chi connectivity index (χ1) is 10.2. The zero-order chi connectivity index (χ0) is 14.8. The molecule has 2 atom stereocenters. The summed E-state index contributed by atoms with van der Waals surface area (Å²) in [5.41, 5.74) is 2.50. The summed E-state index contributed by atoms with van der Waals surface area (Å²) < 4.78 is 1.91. The maximum atomic E-state index is 12.4. The molecule has 2 aromatic rings. The Bertz CT molecular complexity index is 692. The summed E-state index contributed by atoms with van der Waals surface area (Å²) in [6.07, 6.45) is 4.87. The molecule has 2 unspecified atom stereocenters. The van der Waals surface area contributed by atoms with E-state index in [4.69, 9.17) is 0 Å². The van der Waals surface area contributed by atoms with E-state index >= 15 is 0 Å². The monoisotopic (exact) mass is 285 g/mol. The van der Waals surface area contributed by atoms with Crippen molar-refractivity contribution < 1.29 is 0 Å². The van der Waals surface area contributed by atoms with Crippen molar-refractivity contribution in [1.29, 1.82) is 0 Å². The molecule has 0 radical (unpaired) electrons. The molecule has 1 N–H and O–H groups in total. The van der Waals surface area contributed by atoms with E-state index in [0.29, 0.717) is 17.7 Å². The molecule has 0 spiro atoms. The van der Waals surface area contributed by atoms with E-state index in [1.54, 1.807) is 6.92 Å². The Hall–Kier alpha value is -1.68. The topological polar surface area (TPSA) is 46.9 Å². The van der Waals surface area contributed by atoms with E-state index in [2.05, 4.69) is 10.3 Å². The molecule has 1 saturated carbocycles. The molecule has 21 heavy (non-hydrogen) atoms. The van der Waals surface area contributed by atoms with Crippen LogP contribution < -0.4 is 10.9 Å². The molecule has 0 bridgehead atoms. The quantitative estimate of drug-likeness (QED) is 0.939. The highest BCUT2D eigenvalue weighted by Gasteiger charge is 2.25. The van der Waals surface area contributed by atoms with E-state index in [1.807, 2.05) is 35.9 Å². The summed E-state index contributed by atoms with van der Waals surface area (Å²) in [6, 6.07) is 8.52. The maximum absolute atomic E-state index is 12.4. The molecular weight excluding hydrogens is 262 g/mol. The fourth-order valence-corrected chi connectivity index (χ4v) is 3.60. The first kappa shape index (κ1) is 14.3. The van der Waals surface area contributed by atoms with Crippen molar-refractivity contribution in [3.63, 3.8) is 0 Å². The highest BCUT2D eigenvalue weighted by Crippen LogP contribution is 2.28. The summed E-state index contributed by atoms with van der Waals surface area (Å²) in [5, 5.41) is 3.41. The Morgan fingerprint density at radius 1 is 1.33 bits per heavy atom. The van der Waals surface area contributed by atoms with Gasteiger partial charge in [0.2, 0.25) is 0 Å². The van der Waals surface area contributed by atoms with Gasteiger partial charge in [0.05, 0.1) is 11.0 Å². The highest BCUT2D eigenvalue weighted by atomic mass is 16.1. The molecule has 0 amide bonds. The Labute approximate surface area is 125 Å². The average molecular weight is 285 g/mol. The second-order valence-electron chi connectivity index (χ2n) is 6.02. The number of aromatic nitrogens is 2. The molecule has 1 aromatic heterocycles. The van der Waals surface area contributed by atoms with Crippen LogP contribution in [0.1, 0.15) is 31.4 Å². The number of para-hydroxylation sites is 2. The Morgan fingerprint density at radius 3 is 2.95 bits per heavy atom. The number of benzene rings is 1. The Morgan fingerprint density at radius 2 is 2.14 bits per heavy atom. The largest absolute Gasteiger partial charge is 0.317 e. The van der Waals surface area contributed by atoms with Crippen LogP contribution in [0.5, 0.6) is 0 Å². The van der Waals surface area contributed by atoms with Crippen LogP contribution in [-0.4, -0.2) is 22.6 Å². The minimum absolute atomic E-state index is 0.0488. The molecule has 4 nitrogen and oxygen atoms in total. The summed E-state index contributed by atoms with van der Waals surface area (Å²) in [4.78, 5) is 16.8. The molecule has 1 aliphatic carbocycles. The minimum atomic E-state index is 0.0488. The average Bonchev–Trinajstić information content (AvgIpc) is 2.95. The van der Waals surface area contributed by atoms with Crippen LogP contribution in [0, 0.1) is 12.8 Å². The lowest BCUT2D eigenvalue weighted by molar-refractivity contribution is 0.378. The van der Waals surface area contributed by atoms with Gasteiger partial charge in [-0.05, 0) is 51.3 Å². The summed E-state index contributed by atoms with van der Waals surface area (Å²) in [6.45, 7) is 2.59. The van der Waals surface area contributed by atoms with Crippen LogP contribution in [0.4, 0.5) is 0 Å². The van der Waals surface area contributed by atoms with Crippen LogP contribution in [-0.2, 0) is 6.54 Å². The van der Waals surface area contributed by atoms with Crippen molar-refractivity contribution in [2.75, 3.05) is 7.05 Å². The number of aryl methyl sites for hydroxylation is 2. The number of hydrogen-bond donors (Lipinski definition) is 1. The third-order valence-corrected chi connectivity index (χ3v) is 4.77. The molecular formula is C17H23N3O. The van der Waals surface area contributed by atoms with E-state index < -0.39 is 0 Å². The smallest absolute Gasteiger partial charge is 0.272 e. The van der Waals surface area contributed by atoms with Gasteiger partial charge in [0.25, 0.3) is 5.56 Å². The summed E-state index contributed by atoms with van der Waals surface area (Å²) in [5.74, 6) is 0.675. The summed E-state index contributed by atoms with van der Waals surface area (Å²) >= 11 is 0. The van der Waals surface area contributed by atoms with Gasteiger partial charge in [-0.25, -0.2) is 4.98 Å². The van der Waals surface area contributed by atoms with Gasteiger partial charge in [-0.1, -0.05) is 18.6 Å². The predicted octanol–water partition coefficient (Wildman–Crippen LogP) is 2.48. The van der Waals surface area contributed by atoms with Gasteiger partial charge in [-0.3, -0.25) is 4.79 Å². The number of nitrogens with zero attached hydrogens (tertiary/aromatic N) is 2. The molecule has 1 fully saturated rings. The van der Waals surface area contributed by atoms with Crippen LogP contribution in [0.2, 0.25) is 0 Å². The van der Waals surface area contributed by atoms with E-state index in [1.165, 1.54) is 19.3 Å². The van der Waals surface area contributed by atoms with Crippen LogP contribution in [0.25, 0.3) is 11.0 Å². The van der Waals surface area contributed by atoms with Crippen molar-refractivity contribution in [2.45, 2.75) is 45.2 Å². The molecule has 1 aliphatic rings. The van der Waals surface area contributed by atoms with Crippen molar-refractivity contribution in [3.8, 4) is 0 Å². The van der Waals surface area contributed by atoms with E-state index in [-0.39, 0.29) is 5.56 Å². The summed E-state index contributed by atoms with van der Waals surface area (Å²) in [7, 11) is 2.04. The van der Waals surface area contributed by atoms with Crippen LogP contribution in [0.3, 0.4) is 0 Å². The van der Waals surface area contributed by atoms with Crippen molar-refractivity contribution in [2.24, 2.45) is 5.92 Å². The molecule has 1 heterocycles.